The van der Waals surface area contributed by atoms with E-state index in [-0.39, 0.29) is 25.6 Å². The summed E-state index contributed by atoms with van der Waals surface area (Å²) in [7, 11) is -4.63. The van der Waals surface area contributed by atoms with Gasteiger partial charge in [0.15, 0.2) is 6.10 Å². The molecule has 0 rings (SSSR count). The minimum atomic E-state index is -4.63. The molecule has 0 aliphatic carbocycles. The Kier molecular flexibility index (Phi) is 31.4. The van der Waals surface area contributed by atoms with Crippen LogP contribution in [0.5, 0.6) is 0 Å². The van der Waals surface area contributed by atoms with Crippen molar-refractivity contribution < 1.29 is 52.9 Å². The number of esters is 2. The van der Waals surface area contributed by atoms with E-state index in [2.05, 4.69) is 37.4 Å². The van der Waals surface area contributed by atoms with E-state index in [0.717, 1.165) is 57.8 Å². The third-order valence-corrected chi connectivity index (χ3v) is 8.47. The van der Waals surface area contributed by atoms with Gasteiger partial charge < -0.3 is 29.7 Å². The van der Waals surface area contributed by atoms with Crippen LogP contribution in [-0.2, 0) is 32.7 Å². The van der Waals surface area contributed by atoms with Gasteiger partial charge in [0, 0.05) is 12.8 Å². The largest absolute Gasteiger partial charge is 0.472 e. The zero-order valence-corrected chi connectivity index (χ0v) is 31.8. The van der Waals surface area contributed by atoms with Gasteiger partial charge in [0.05, 0.1) is 25.9 Å². The molecular formula is C38H67O11P. The second kappa shape index (κ2) is 32.8. The first-order valence-corrected chi connectivity index (χ1v) is 20.1. The summed E-state index contributed by atoms with van der Waals surface area (Å²) in [6.45, 7) is 4.35. The lowest BCUT2D eigenvalue weighted by Crippen LogP contribution is -2.29. The van der Waals surface area contributed by atoms with Gasteiger partial charge >= 0.3 is 19.8 Å². The topological polar surface area (TPSA) is 169 Å². The van der Waals surface area contributed by atoms with Crippen molar-refractivity contribution in [3.8, 4) is 0 Å². The number of carbonyl (C=O) groups is 2. The Balaban J connectivity index is 4.50. The number of phosphoric ester groups is 1. The van der Waals surface area contributed by atoms with Crippen LogP contribution >= 0.6 is 7.82 Å². The SMILES string of the molecule is CCCCC[C@@H](O)/C=C/C=C\C/C=C\C/C=C\CCCC(=O)OC[C@H](COP(=O)(O)OC[C@@H](O)CO)OC(=O)CCCCCCCCC(C)C. The van der Waals surface area contributed by atoms with E-state index in [1.54, 1.807) is 0 Å². The van der Waals surface area contributed by atoms with Gasteiger partial charge in [0.25, 0.3) is 0 Å². The number of ether oxygens (including phenoxy) is 2. The van der Waals surface area contributed by atoms with E-state index >= 15 is 0 Å². The van der Waals surface area contributed by atoms with Gasteiger partial charge in [0.1, 0.15) is 12.7 Å². The summed E-state index contributed by atoms with van der Waals surface area (Å²) in [6, 6.07) is 0. The molecule has 50 heavy (non-hydrogen) atoms. The quantitative estimate of drug-likeness (QED) is 0.0171. The molecule has 1 unspecified atom stereocenters. The Labute approximate surface area is 301 Å². The molecule has 0 fully saturated rings. The van der Waals surface area contributed by atoms with Crippen molar-refractivity contribution in [3.63, 3.8) is 0 Å². The molecular weight excluding hydrogens is 663 g/mol. The van der Waals surface area contributed by atoms with Crippen LogP contribution in [0.3, 0.4) is 0 Å². The summed E-state index contributed by atoms with van der Waals surface area (Å²) < 4.78 is 32.4. The number of allylic oxidation sites excluding steroid dienone is 7. The van der Waals surface area contributed by atoms with Crippen molar-refractivity contribution in [3.05, 3.63) is 48.6 Å². The van der Waals surface area contributed by atoms with E-state index in [9.17, 15) is 29.3 Å². The van der Waals surface area contributed by atoms with Crippen molar-refractivity contribution in [2.45, 2.75) is 148 Å². The summed E-state index contributed by atoms with van der Waals surface area (Å²) in [5.74, 6) is -0.325. The molecule has 290 valence electrons. The van der Waals surface area contributed by atoms with Gasteiger partial charge in [-0.3, -0.25) is 18.6 Å². The average molecular weight is 731 g/mol. The molecule has 4 atom stereocenters. The molecule has 0 radical (unpaired) electrons. The van der Waals surface area contributed by atoms with Crippen LogP contribution in [-0.4, -0.2) is 76.9 Å². The lowest BCUT2D eigenvalue weighted by atomic mass is 10.0. The maximum atomic E-state index is 12.5. The van der Waals surface area contributed by atoms with E-state index in [1.807, 2.05) is 36.5 Å². The molecule has 4 N–H and O–H groups in total. The number of rotatable bonds is 33. The number of hydrogen-bond donors (Lipinski definition) is 4. The maximum Gasteiger partial charge on any atom is 0.472 e. The summed E-state index contributed by atoms with van der Waals surface area (Å²) in [5.41, 5.74) is 0. The van der Waals surface area contributed by atoms with Gasteiger partial charge in [-0.05, 0) is 44.4 Å². The Morgan fingerprint density at radius 3 is 2.04 bits per heavy atom. The highest BCUT2D eigenvalue weighted by atomic mass is 31.2. The molecule has 0 aromatic carbocycles. The van der Waals surface area contributed by atoms with Crippen LogP contribution in [0.2, 0.25) is 0 Å². The highest BCUT2D eigenvalue weighted by molar-refractivity contribution is 7.47. The Hall–Kier alpha value is -2.11. The first-order chi connectivity index (χ1) is 24.0. The first kappa shape index (κ1) is 47.9. The summed E-state index contributed by atoms with van der Waals surface area (Å²) >= 11 is 0. The zero-order valence-electron chi connectivity index (χ0n) is 30.9. The van der Waals surface area contributed by atoms with Crippen LogP contribution in [0, 0.1) is 5.92 Å². The monoisotopic (exact) mass is 730 g/mol. The molecule has 0 aliphatic rings. The molecule has 0 saturated carbocycles. The third-order valence-electron chi connectivity index (χ3n) is 7.52. The van der Waals surface area contributed by atoms with Crippen LogP contribution < -0.4 is 0 Å². The molecule has 0 amide bonds. The Morgan fingerprint density at radius 1 is 0.720 bits per heavy atom. The molecule has 0 bridgehead atoms. The van der Waals surface area contributed by atoms with E-state index in [0.29, 0.717) is 25.2 Å². The normalized spacial score (nSPS) is 15.4. The van der Waals surface area contributed by atoms with E-state index in [1.165, 1.54) is 19.3 Å². The lowest BCUT2D eigenvalue weighted by Gasteiger charge is -2.20. The van der Waals surface area contributed by atoms with Crippen molar-refractivity contribution in [1.82, 2.24) is 0 Å². The van der Waals surface area contributed by atoms with Crippen LogP contribution in [0.25, 0.3) is 0 Å². The molecule has 0 aromatic heterocycles. The lowest BCUT2D eigenvalue weighted by molar-refractivity contribution is -0.161. The number of phosphoric acid groups is 1. The van der Waals surface area contributed by atoms with Gasteiger partial charge in [-0.15, -0.1) is 0 Å². The number of unbranched alkanes of at least 4 members (excludes halogenated alkanes) is 8. The van der Waals surface area contributed by atoms with Crippen molar-refractivity contribution >= 4 is 19.8 Å². The van der Waals surface area contributed by atoms with E-state index in [4.69, 9.17) is 19.1 Å². The molecule has 12 heteroatoms. The first-order valence-electron chi connectivity index (χ1n) is 18.6. The molecule has 0 saturated heterocycles. The van der Waals surface area contributed by atoms with Crippen molar-refractivity contribution in [2.75, 3.05) is 26.4 Å². The zero-order chi connectivity index (χ0) is 37.3. The highest BCUT2D eigenvalue weighted by Gasteiger charge is 2.27. The summed E-state index contributed by atoms with van der Waals surface area (Å²) in [4.78, 5) is 34.7. The Morgan fingerprint density at radius 2 is 1.34 bits per heavy atom. The molecule has 0 heterocycles. The minimum Gasteiger partial charge on any atom is -0.462 e. The molecule has 0 spiro atoms. The van der Waals surface area contributed by atoms with E-state index < -0.39 is 51.8 Å². The predicted octanol–water partition coefficient (Wildman–Crippen LogP) is 7.82. The maximum absolute atomic E-state index is 12.5. The van der Waals surface area contributed by atoms with Crippen LogP contribution in [0.15, 0.2) is 48.6 Å². The third kappa shape index (κ3) is 33.1. The minimum absolute atomic E-state index is 0.144. The fourth-order valence-electron chi connectivity index (χ4n) is 4.57. The molecule has 0 aromatic rings. The second-order valence-electron chi connectivity index (χ2n) is 12.9. The fourth-order valence-corrected chi connectivity index (χ4v) is 5.36. The Bertz CT molecular complexity index is 1010. The number of aliphatic hydroxyl groups excluding tert-OH is 3. The van der Waals surface area contributed by atoms with Gasteiger partial charge in [-0.1, -0.05) is 127 Å². The van der Waals surface area contributed by atoms with Crippen molar-refractivity contribution in [2.24, 2.45) is 5.92 Å². The average Bonchev–Trinajstić information content (AvgIpc) is 3.08. The number of hydrogen-bond acceptors (Lipinski definition) is 10. The van der Waals surface area contributed by atoms with Crippen LogP contribution in [0.4, 0.5) is 0 Å². The van der Waals surface area contributed by atoms with Gasteiger partial charge in [-0.2, -0.15) is 0 Å². The van der Waals surface area contributed by atoms with Gasteiger partial charge in [-0.25, -0.2) is 4.57 Å². The number of carbonyl (C=O) groups excluding carboxylic acids is 2. The molecule has 11 nitrogen and oxygen atoms in total. The summed E-state index contributed by atoms with van der Waals surface area (Å²) in [5, 5.41) is 28.1. The number of aliphatic hydroxyl groups is 3. The standard InChI is InChI=1S/C38H67O11P/c1-4-5-19-25-34(40)26-21-16-11-9-7-6-8-10-12-17-22-27-37(42)46-31-36(32-48-50(44,45)47-30-35(41)29-39)49-38(43)28-23-18-14-13-15-20-24-33(2)3/h6-7,10-12,16,21,26,33-36,39-41H,4-5,8-9,13-15,17-20,22-25,27-32H2,1-3H3,(H,44,45)/b7-6-,12-10-,16-11-,26-21+/t34-,35+,36-/m1/s1. The van der Waals surface area contributed by atoms with Crippen molar-refractivity contribution in [1.29, 1.82) is 0 Å². The van der Waals surface area contributed by atoms with Gasteiger partial charge in [0.2, 0.25) is 0 Å². The predicted molar refractivity (Wildman–Crippen MR) is 197 cm³/mol. The smallest absolute Gasteiger partial charge is 0.462 e. The van der Waals surface area contributed by atoms with Crippen LogP contribution in [0.1, 0.15) is 130 Å². The fraction of sp³-hybridized carbons (Fsp3) is 0.737. The molecule has 0 aliphatic heterocycles. The summed E-state index contributed by atoms with van der Waals surface area (Å²) in [6.07, 6.45) is 27.4. The highest BCUT2D eigenvalue weighted by Crippen LogP contribution is 2.43. The second-order valence-corrected chi connectivity index (χ2v) is 14.4.